The molecule has 0 atom stereocenters. The van der Waals surface area contributed by atoms with Crippen molar-refractivity contribution < 1.29 is 18.3 Å². The van der Waals surface area contributed by atoms with E-state index in [4.69, 9.17) is 0 Å². The van der Waals surface area contributed by atoms with Gasteiger partial charge >= 0.3 is 5.97 Å². The first-order valence-electron chi connectivity index (χ1n) is 12.1. The van der Waals surface area contributed by atoms with Gasteiger partial charge in [0.05, 0.1) is 16.8 Å². The second-order valence-electron chi connectivity index (χ2n) is 9.38. The number of aromatic nitrogens is 1. The predicted octanol–water partition coefficient (Wildman–Crippen LogP) is 6.27. The summed E-state index contributed by atoms with van der Waals surface area (Å²) in [4.78, 5) is 16.5. The second kappa shape index (κ2) is 9.87. The fourth-order valence-corrected chi connectivity index (χ4v) is 7.17. The maximum absolute atomic E-state index is 13.7. The minimum Gasteiger partial charge on any atom is -0.478 e. The van der Waals surface area contributed by atoms with Crippen molar-refractivity contribution >= 4 is 54.2 Å². The number of anilines is 2. The number of carbonyl (C=O) groups is 1. The fraction of sp³-hybridized carbons (Fsp3) is 0.385. The highest BCUT2D eigenvalue weighted by Crippen LogP contribution is 2.39. The number of hydrogen-bond donors (Lipinski definition) is 2. The Labute approximate surface area is 213 Å². The largest absolute Gasteiger partial charge is 0.478 e. The van der Waals surface area contributed by atoms with Gasteiger partial charge in [-0.2, -0.15) is 4.31 Å². The van der Waals surface area contributed by atoms with E-state index in [2.05, 4.69) is 26.2 Å². The SMILES string of the molecule is O=C(O)c1cc(Nc2c(S(=O)(=O)N3CCCCC3)cnc3cc(Br)ccc23)cc(C2CCCC2)c1. The molecular weight excluding hydrogens is 530 g/mol. The van der Waals surface area contributed by atoms with Gasteiger partial charge in [-0.1, -0.05) is 35.2 Å². The predicted molar refractivity (Wildman–Crippen MR) is 140 cm³/mol. The lowest BCUT2D eigenvalue weighted by atomic mass is 9.95. The molecule has 1 aliphatic carbocycles. The van der Waals surface area contributed by atoms with Gasteiger partial charge in [-0.25, -0.2) is 13.2 Å². The van der Waals surface area contributed by atoms with Gasteiger partial charge in [0.15, 0.2) is 0 Å². The van der Waals surface area contributed by atoms with Crippen LogP contribution in [0.3, 0.4) is 0 Å². The van der Waals surface area contributed by atoms with E-state index in [1.54, 1.807) is 12.1 Å². The zero-order chi connectivity index (χ0) is 24.6. The van der Waals surface area contributed by atoms with Crippen LogP contribution in [0, 0.1) is 0 Å². The van der Waals surface area contributed by atoms with Crippen molar-refractivity contribution in [2.24, 2.45) is 0 Å². The average Bonchev–Trinajstić information content (AvgIpc) is 3.39. The van der Waals surface area contributed by atoms with Crippen LogP contribution in [-0.4, -0.2) is 41.9 Å². The minimum absolute atomic E-state index is 0.109. The number of nitrogens with zero attached hydrogens (tertiary/aromatic N) is 2. The summed E-state index contributed by atoms with van der Waals surface area (Å²) in [5, 5.41) is 13.7. The van der Waals surface area contributed by atoms with Crippen molar-refractivity contribution in [3.8, 4) is 0 Å². The Hall–Kier alpha value is -2.49. The molecular formula is C26H28BrN3O4S. The van der Waals surface area contributed by atoms with Crippen molar-refractivity contribution in [3.63, 3.8) is 0 Å². The Morgan fingerprint density at radius 1 is 1.03 bits per heavy atom. The number of carboxylic acids is 1. The van der Waals surface area contributed by atoms with Crippen LogP contribution < -0.4 is 5.32 Å². The van der Waals surface area contributed by atoms with E-state index in [0.717, 1.165) is 55.0 Å². The Morgan fingerprint density at radius 2 is 1.77 bits per heavy atom. The number of rotatable bonds is 6. The molecule has 2 fully saturated rings. The van der Waals surface area contributed by atoms with Crippen LogP contribution >= 0.6 is 15.9 Å². The van der Waals surface area contributed by atoms with E-state index < -0.39 is 16.0 Å². The van der Waals surface area contributed by atoms with Crippen LogP contribution in [0.5, 0.6) is 0 Å². The fourth-order valence-electron chi connectivity index (χ4n) is 5.20. The minimum atomic E-state index is -3.79. The molecule has 0 bridgehead atoms. The highest BCUT2D eigenvalue weighted by Gasteiger charge is 2.30. The van der Waals surface area contributed by atoms with Crippen LogP contribution in [-0.2, 0) is 10.0 Å². The van der Waals surface area contributed by atoms with Crippen molar-refractivity contribution in [1.29, 1.82) is 0 Å². The van der Waals surface area contributed by atoms with Gasteiger partial charge in [0.25, 0.3) is 0 Å². The first-order valence-corrected chi connectivity index (χ1v) is 14.3. The van der Waals surface area contributed by atoms with E-state index in [0.29, 0.717) is 41.3 Å². The van der Waals surface area contributed by atoms with Gasteiger partial charge in [0, 0.05) is 34.8 Å². The van der Waals surface area contributed by atoms with Crippen LogP contribution in [0.25, 0.3) is 10.9 Å². The molecule has 2 N–H and O–H groups in total. The summed E-state index contributed by atoms with van der Waals surface area (Å²) < 4.78 is 29.8. The summed E-state index contributed by atoms with van der Waals surface area (Å²) >= 11 is 3.46. The molecule has 184 valence electrons. The van der Waals surface area contributed by atoms with Crippen LogP contribution in [0.1, 0.15) is 66.8 Å². The number of halogens is 1. The Balaban J connectivity index is 1.65. The number of nitrogens with one attached hydrogen (secondary N) is 1. The van der Waals surface area contributed by atoms with Gasteiger partial charge in [0.1, 0.15) is 4.90 Å². The number of aromatic carboxylic acids is 1. The molecule has 2 aliphatic rings. The lowest BCUT2D eigenvalue weighted by molar-refractivity contribution is 0.0696. The molecule has 2 heterocycles. The van der Waals surface area contributed by atoms with Crippen molar-refractivity contribution in [2.75, 3.05) is 18.4 Å². The molecule has 0 unspecified atom stereocenters. The van der Waals surface area contributed by atoms with E-state index >= 15 is 0 Å². The van der Waals surface area contributed by atoms with E-state index in [1.807, 2.05) is 24.3 Å². The van der Waals surface area contributed by atoms with E-state index in [-0.39, 0.29) is 10.5 Å². The number of hydrogen-bond acceptors (Lipinski definition) is 5. The van der Waals surface area contributed by atoms with E-state index in [9.17, 15) is 18.3 Å². The van der Waals surface area contributed by atoms with Crippen molar-refractivity contribution in [3.05, 3.63) is 58.2 Å². The molecule has 1 aliphatic heterocycles. The zero-order valence-corrected chi connectivity index (χ0v) is 21.7. The Kier molecular flexibility index (Phi) is 6.83. The molecule has 0 amide bonds. The molecule has 3 aromatic rings. The third kappa shape index (κ3) is 4.94. The molecule has 35 heavy (non-hydrogen) atoms. The molecule has 1 saturated heterocycles. The van der Waals surface area contributed by atoms with Gasteiger partial charge in [-0.05, 0) is 73.6 Å². The quantitative estimate of drug-likeness (QED) is 0.370. The highest BCUT2D eigenvalue weighted by molar-refractivity contribution is 9.10. The zero-order valence-electron chi connectivity index (χ0n) is 19.3. The Morgan fingerprint density at radius 3 is 2.49 bits per heavy atom. The number of piperidine rings is 1. The number of sulfonamides is 1. The maximum Gasteiger partial charge on any atom is 0.335 e. The van der Waals surface area contributed by atoms with Crippen LogP contribution in [0.2, 0.25) is 0 Å². The van der Waals surface area contributed by atoms with Crippen molar-refractivity contribution in [2.45, 2.75) is 55.8 Å². The third-order valence-corrected chi connectivity index (χ3v) is 9.43. The first-order chi connectivity index (χ1) is 16.8. The monoisotopic (exact) mass is 557 g/mol. The topological polar surface area (TPSA) is 99.6 Å². The molecule has 1 aromatic heterocycles. The smallest absolute Gasteiger partial charge is 0.335 e. The summed E-state index contributed by atoms with van der Waals surface area (Å²) in [5.74, 6) is -0.686. The number of carboxylic acid groups (broad SMARTS) is 1. The Bertz CT molecular complexity index is 1380. The molecule has 2 aromatic carbocycles. The third-order valence-electron chi connectivity index (χ3n) is 7.03. The summed E-state index contributed by atoms with van der Waals surface area (Å²) in [6, 6.07) is 10.8. The van der Waals surface area contributed by atoms with Crippen molar-refractivity contribution in [1.82, 2.24) is 9.29 Å². The average molecular weight is 558 g/mol. The second-order valence-corrected chi connectivity index (χ2v) is 12.2. The lowest BCUT2D eigenvalue weighted by Crippen LogP contribution is -2.36. The van der Waals surface area contributed by atoms with E-state index in [1.165, 1.54) is 10.5 Å². The van der Waals surface area contributed by atoms with Gasteiger partial charge in [-0.15, -0.1) is 0 Å². The van der Waals surface area contributed by atoms with Gasteiger partial charge < -0.3 is 10.4 Å². The first kappa shape index (κ1) is 24.2. The lowest BCUT2D eigenvalue weighted by Gasteiger charge is -2.27. The molecule has 5 rings (SSSR count). The van der Waals surface area contributed by atoms with Gasteiger partial charge in [0.2, 0.25) is 10.0 Å². The number of benzene rings is 2. The summed E-state index contributed by atoms with van der Waals surface area (Å²) in [6.45, 7) is 0.973. The molecule has 1 saturated carbocycles. The summed E-state index contributed by atoms with van der Waals surface area (Å²) in [6.07, 6.45) is 8.43. The molecule has 9 heteroatoms. The normalized spacial score (nSPS) is 17.6. The summed E-state index contributed by atoms with van der Waals surface area (Å²) in [5.41, 5.74) is 2.81. The molecule has 0 radical (unpaired) electrons. The highest BCUT2D eigenvalue weighted by atomic mass is 79.9. The molecule has 7 nitrogen and oxygen atoms in total. The molecule has 0 spiro atoms. The maximum atomic E-state index is 13.7. The number of fused-ring (bicyclic) bond motifs is 1. The van der Waals surface area contributed by atoms with Crippen LogP contribution in [0.4, 0.5) is 11.4 Å². The number of pyridine rings is 1. The van der Waals surface area contributed by atoms with Crippen LogP contribution in [0.15, 0.2) is 52.0 Å². The standard InChI is InChI=1S/C26H28BrN3O4S/c27-20-8-9-22-23(15-20)28-16-24(35(33,34)30-10-4-1-5-11-30)25(22)29-21-13-18(17-6-2-3-7-17)12-19(14-21)26(31)32/h8-9,12-17H,1-7,10-11H2,(H,28,29)(H,31,32). The van der Waals surface area contributed by atoms with Gasteiger partial charge in [-0.3, -0.25) is 4.98 Å². The summed E-state index contributed by atoms with van der Waals surface area (Å²) in [7, 11) is -3.79.